The molecule has 3 aromatic rings. The number of fused-ring (bicyclic) bond motifs is 1. The summed E-state index contributed by atoms with van der Waals surface area (Å²) in [4.78, 5) is 3.48. The molecule has 3 rings (SSSR count). The number of nitrogens with one attached hydrogen (secondary N) is 1. The van der Waals surface area contributed by atoms with E-state index in [4.69, 9.17) is 10.5 Å². The van der Waals surface area contributed by atoms with Crippen LogP contribution < -0.4 is 10.5 Å². The van der Waals surface area contributed by atoms with Gasteiger partial charge in [-0.15, -0.1) is 0 Å². The lowest BCUT2D eigenvalue weighted by atomic mass is 10.0. The molecule has 0 saturated carbocycles. The fourth-order valence-corrected chi connectivity index (χ4v) is 2.69. The van der Waals surface area contributed by atoms with Crippen molar-refractivity contribution in [3.8, 4) is 17.0 Å². The fourth-order valence-electron chi connectivity index (χ4n) is 2.69. The SMILES string of the molecule is COc1ccc(-c2[nH]c3ccccc3c2CN)cc1C. The molecule has 2 aromatic carbocycles. The van der Waals surface area contributed by atoms with Gasteiger partial charge in [-0.1, -0.05) is 18.2 Å². The van der Waals surface area contributed by atoms with Crippen molar-refractivity contribution in [1.82, 2.24) is 4.98 Å². The van der Waals surface area contributed by atoms with Gasteiger partial charge in [0, 0.05) is 17.4 Å². The lowest BCUT2D eigenvalue weighted by molar-refractivity contribution is 0.412. The quantitative estimate of drug-likeness (QED) is 0.761. The molecule has 0 aliphatic rings. The summed E-state index contributed by atoms with van der Waals surface area (Å²) in [6.07, 6.45) is 0. The Morgan fingerprint density at radius 3 is 2.65 bits per heavy atom. The van der Waals surface area contributed by atoms with Gasteiger partial charge in [0.05, 0.1) is 12.8 Å². The van der Waals surface area contributed by atoms with Crippen molar-refractivity contribution < 1.29 is 4.74 Å². The predicted octanol–water partition coefficient (Wildman–Crippen LogP) is 3.61. The molecule has 0 aliphatic heterocycles. The van der Waals surface area contributed by atoms with Gasteiger partial charge in [0.25, 0.3) is 0 Å². The van der Waals surface area contributed by atoms with Crippen molar-refractivity contribution in [2.45, 2.75) is 13.5 Å². The molecule has 0 aliphatic carbocycles. The van der Waals surface area contributed by atoms with Crippen LogP contribution in [-0.2, 0) is 6.54 Å². The van der Waals surface area contributed by atoms with Gasteiger partial charge < -0.3 is 15.5 Å². The Balaban J connectivity index is 2.21. The average Bonchev–Trinajstić information content (AvgIpc) is 2.85. The number of H-pyrrole nitrogens is 1. The molecule has 102 valence electrons. The molecule has 20 heavy (non-hydrogen) atoms. The largest absolute Gasteiger partial charge is 0.496 e. The van der Waals surface area contributed by atoms with Crippen LogP contribution in [0, 0.1) is 6.92 Å². The molecule has 3 nitrogen and oxygen atoms in total. The lowest BCUT2D eigenvalue weighted by Gasteiger charge is -2.08. The zero-order chi connectivity index (χ0) is 14.1. The van der Waals surface area contributed by atoms with Crippen LogP contribution in [0.25, 0.3) is 22.2 Å². The van der Waals surface area contributed by atoms with Gasteiger partial charge in [0.1, 0.15) is 5.75 Å². The van der Waals surface area contributed by atoms with E-state index in [1.807, 2.05) is 25.1 Å². The first-order valence-corrected chi connectivity index (χ1v) is 6.69. The van der Waals surface area contributed by atoms with Gasteiger partial charge in [0.15, 0.2) is 0 Å². The Morgan fingerprint density at radius 2 is 1.95 bits per heavy atom. The van der Waals surface area contributed by atoms with Gasteiger partial charge in [-0.05, 0) is 47.9 Å². The van der Waals surface area contributed by atoms with Crippen molar-refractivity contribution >= 4 is 10.9 Å². The summed E-state index contributed by atoms with van der Waals surface area (Å²) < 4.78 is 5.32. The van der Waals surface area contributed by atoms with Crippen LogP contribution in [0.15, 0.2) is 42.5 Å². The summed E-state index contributed by atoms with van der Waals surface area (Å²) in [5.41, 5.74) is 11.6. The molecular formula is C17H18N2O. The first kappa shape index (κ1) is 12.8. The van der Waals surface area contributed by atoms with Gasteiger partial charge in [0.2, 0.25) is 0 Å². The molecular weight excluding hydrogens is 248 g/mol. The highest BCUT2D eigenvalue weighted by Gasteiger charge is 2.12. The maximum absolute atomic E-state index is 5.95. The number of hydrogen-bond acceptors (Lipinski definition) is 2. The van der Waals surface area contributed by atoms with E-state index in [1.54, 1.807) is 7.11 Å². The third kappa shape index (κ3) is 1.96. The highest BCUT2D eigenvalue weighted by molar-refractivity contribution is 5.90. The molecule has 0 saturated heterocycles. The minimum absolute atomic E-state index is 0.518. The lowest BCUT2D eigenvalue weighted by Crippen LogP contribution is -1.97. The normalized spacial score (nSPS) is 10.9. The minimum atomic E-state index is 0.518. The second kappa shape index (κ2) is 5.02. The molecule has 0 unspecified atom stereocenters. The van der Waals surface area contributed by atoms with Crippen molar-refractivity contribution in [1.29, 1.82) is 0 Å². The van der Waals surface area contributed by atoms with E-state index in [0.717, 1.165) is 33.7 Å². The molecule has 0 amide bonds. The first-order chi connectivity index (χ1) is 9.74. The number of ether oxygens (including phenoxy) is 1. The highest BCUT2D eigenvalue weighted by atomic mass is 16.5. The van der Waals surface area contributed by atoms with Gasteiger partial charge >= 0.3 is 0 Å². The Labute approximate surface area is 118 Å². The van der Waals surface area contributed by atoms with Crippen molar-refractivity contribution in [2.24, 2.45) is 5.73 Å². The van der Waals surface area contributed by atoms with E-state index >= 15 is 0 Å². The van der Waals surface area contributed by atoms with Crippen LogP contribution in [-0.4, -0.2) is 12.1 Å². The predicted molar refractivity (Wildman–Crippen MR) is 82.9 cm³/mol. The summed E-state index contributed by atoms with van der Waals surface area (Å²) in [7, 11) is 1.69. The Morgan fingerprint density at radius 1 is 1.15 bits per heavy atom. The molecule has 3 heteroatoms. The van der Waals surface area contributed by atoms with Crippen LogP contribution >= 0.6 is 0 Å². The van der Waals surface area contributed by atoms with Crippen LogP contribution in [0.4, 0.5) is 0 Å². The van der Waals surface area contributed by atoms with E-state index in [2.05, 4.69) is 29.2 Å². The van der Waals surface area contributed by atoms with E-state index in [1.165, 1.54) is 5.39 Å². The summed E-state index contributed by atoms with van der Waals surface area (Å²) in [5.74, 6) is 0.902. The van der Waals surface area contributed by atoms with Crippen LogP contribution in [0.3, 0.4) is 0 Å². The average molecular weight is 266 g/mol. The van der Waals surface area contributed by atoms with Gasteiger partial charge in [-0.2, -0.15) is 0 Å². The van der Waals surface area contributed by atoms with E-state index < -0.39 is 0 Å². The summed E-state index contributed by atoms with van der Waals surface area (Å²) >= 11 is 0. The third-order valence-electron chi connectivity index (χ3n) is 3.70. The van der Waals surface area contributed by atoms with Crippen LogP contribution in [0.1, 0.15) is 11.1 Å². The molecule has 0 atom stereocenters. The maximum Gasteiger partial charge on any atom is 0.121 e. The standard InChI is InChI=1S/C17H18N2O/c1-11-9-12(7-8-16(11)20-2)17-14(10-18)13-5-3-4-6-15(13)19-17/h3-9,19H,10,18H2,1-2H3. The Hall–Kier alpha value is -2.26. The topological polar surface area (TPSA) is 51.0 Å². The van der Waals surface area contributed by atoms with E-state index in [0.29, 0.717) is 6.54 Å². The zero-order valence-corrected chi connectivity index (χ0v) is 11.7. The fraction of sp³-hybridized carbons (Fsp3) is 0.176. The molecule has 1 heterocycles. The first-order valence-electron chi connectivity index (χ1n) is 6.69. The van der Waals surface area contributed by atoms with Crippen molar-refractivity contribution in [2.75, 3.05) is 7.11 Å². The highest BCUT2D eigenvalue weighted by Crippen LogP contribution is 2.32. The molecule has 0 spiro atoms. The number of aryl methyl sites for hydroxylation is 1. The second-order valence-corrected chi connectivity index (χ2v) is 4.91. The smallest absolute Gasteiger partial charge is 0.121 e. The maximum atomic E-state index is 5.95. The van der Waals surface area contributed by atoms with E-state index in [-0.39, 0.29) is 0 Å². The number of methoxy groups -OCH3 is 1. The second-order valence-electron chi connectivity index (χ2n) is 4.91. The number of para-hydroxylation sites is 1. The summed E-state index contributed by atoms with van der Waals surface area (Å²) in [6, 6.07) is 14.4. The monoisotopic (exact) mass is 266 g/mol. The number of hydrogen-bond donors (Lipinski definition) is 2. The van der Waals surface area contributed by atoms with E-state index in [9.17, 15) is 0 Å². The zero-order valence-electron chi connectivity index (χ0n) is 11.7. The third-order valence-corrected chi connectivity index (χ3v) is 3.70. The summed E-state index contributed by atoms with van der Waals surface area (Å²) in [6.45, 7) is 2.57. The molecule has 3 N–H and O–H groups in total. The van der Waals surface area contributed by atoms with Crippen LogP contribution in [0.2, 0.25) is 0 Å². The number of nitrogens with two attached hydrogens (primary N) is 1. The molecule has 1 aromatic heterocycles. The number of aromatic nitrogens is 1. The van der Waals surface area contributed by atoms with Crippen molar-refractivity contribution in [3.05, 3.63) is 53.6 Å². The van der Waals surface area contributed by atoms with Crippen molar-refractivity contribution in [3.63, 3.8) is 0 Å². The summed E-state index contributed by atoms with van der Waals surface area (Å²) in [5, 5.41) is 1.19. The number of benzene rings is 2. The van der Waals surface area contributed by atoms with Gasteiger partial charge in [-0.25, -0.2) is 0 Å². The molecule has 0 radical (unpaired) electrons. The van der Waals surface area contributed by atoms with Gasteiger partial charge in [-0.3, -0.25) is 0 Å². The number of rotatable bonds is 3. The Kier molecular flexibility index (Phi) is 3.20. The molecule has 0 fully saturated rings. The molecule has 0 bridgehead atoms. The Bertz CT molecular complexity index is 759. The van der Waals surface area contributed by atoms with Crippen LogP contribution in [0.5, 0.6) is 5.75 Å². The number of aromatic amines is 1. The minimum Gasteiger partial charge on any atom is -0.496 e.